The summed E-state index contributed by atoms with van der Waals surface area (Å²) >= 11 is 1.28. The van der Waals surface area contributed by atoms with Gasteiger partial charge in [0.05, 0.1) is 10.5 Å². The third-order valence-corrected chi connectivity index (χ3v) is 7.35. The number of aromatic nitrogens is 2. The fourth-order valence-electron chi connectivity index (χ4n) is 4.85. The first-order valence-corrected chi connectivity index (χ1v) is 12.4. The molecule has 3 aromatic rings. The van der Waals surface area contributed by atoms with Gasteiger partial charge in [-0.2, -0.15) is 0 Å². The number of H-pyrrole nitrogens is 1. The SMILES string of the molecule is CC1(C)CC(=O)C2=C(C1)Nc1nc(SCc3ccc([N+](=O)[O-])cc3)[nH]c(=O)c1[C@H]2c1cccc(F)c1. The van der Waals surface area contributed by atoms with E-state index < -0.39 is 22.2 Å². The van der Waals surface area contributed by atoms with Gasteiger partial charge in [-0.1, -0.05) is 49.9 Å². The summed E-state index contributed by atoms with van der Waals surface area (Å²) in [7, 11) is 0. The zero-order valence-corrected chi connectivity index (χ0v) is 20.4. The first-order chi connectivity index (χ1) is 17.1. The number of nitrogens with zero attached hydrogens (tertiary/aromatic N) is 2. The number of Topliss-reactive ketones (excluding diaryl/α,β-unsaturated/α-hetero) is 1. The van der Waals surface area contributed by atoms with Gasteiger partial charge in [0, 0.05) is 41.5 Å². The van der Waals surface area contributed by atoms with Crippen LogP contribution >= 0.6 is 11.8 Å². The number of halogens is 1. The molecule has 0 radical (unpaired) electrons. The molecule has 1 aromatic heterocycles. The van der Waals surface area contributed by atoms with Gasteiger partial charge < -0.3 is 10.3 Å². The van der Waals surface area contributed by atoms with Crippen molar-refractivity contribution in [1.82, 2.24) is 9.97 Å². The Kier molecular flexibility index (Phi) is 5.99. The molecule has 0 unspecified atom stereocenters. The van der Waals surface area contributed by atoms with Crippen LogP contribution < -0.4 is 10.9 Å². The number of benzene rings is 2. The Labute approximate surface area is 210 Å². The number of carbonyl (C=O) groups excluding carboxylic acids is 1. The fraction of sp³-hybridized carbons (Fsp3) is 0.269. The molecule has 1 aliphatic carbocycles. The summed E-state index contributed by atoms with van der Waals surface area (Å²) in [5, 5.41) is 14.5. The van der Waals surface area contributed by atoms with E-state index in [1.165, 1.54) is 36.0 Å². The van der Waals surface area contributed by atoms with Gasteiger partial charge in [-0.25, -0.2) is 9.37 Å². The summed E-state index contributed by atoms with van der Waals surface area (Å²) in [6, 6.07) is 12.2. The molecule has 184 valence electrons. The van der Waals surface area contributed by atoms with E-state index in [2.05, 4.69) is 15.3 Å². The van der Waals surface area contributed by atoms with Gasteiger partial charge in [-0.15, -0.1) is 0 Å². The van der Waals surface area contributed by atoms with Gasteiger partial charge in [0.1, 0.15) is 11.6 Å². The second-order valence-electron chi connectivity index (χ2n) is 9.79. The monoisotopic (exact) mass is 506 g/mol. The molecular formula is C26H23FN4O4S. The van der Waals surface area contributed by atoms with E-state index in [1.54, 1.807) is 24.3 Å². The van der Waals surface area contributed by atoms with Gasteiger partial charge in [-0.3, -0.25) is 19.7 Å². The molecule has 2 aromatic carbocycles. The number of nitro benzene ring substituents is 1. The zero-order chi connectivity index (χ0) is 25.6. The fourth-order valence-corrected chi connectivity index (χ4v) is 5.66. The van der Waals surface area contributed by atoms with Gasteiger partial charge in [-0.05, 0) is 35.1 Å². The van der Waals surface area contributed by atoms with Crippen LogP contribution in [0.15, 0.2) is 69.8 Å². The normalized spacial score (nSPS) is 18.3. The van der Waals surface area contributed by atoms with Crippen molar-refractivity contribution in [3.05, 3.63) is 103 Å². The number of allylic oxidation sites excluding steroid dienone is 2. The van der Waals surface area contributed by atoms with Crippen molar-refractivity contribution in [2.24, 2.45) is 5.41 Å². The van der Waals surface area contributed by atoms with Crippen molar-refractivity contribution in [2.45, 2.75) is 43.5 Å². The average molecular weight is 507 g/mol. The number of nitro groups is 1. The lowest BCUT2D eigenvalue weighted by molar-refractivity contribution is -0.384. The number of fused-ring (bicyclic) bond motifs is 1. The van der Waals surface area contributed by atoms with E-state index in [4.69, 9.17) is 0 Å². The van der Waals surface area contributed by atoms with Crippen LogP contribution in [0.3, 0.4) is 0 Å². The summed E-state index contributed by atoms with van der Waals surface area (Å²) in [6.07, 6.45) is 0.933. The summed E-state index contributed by atoms with van der Waals surface area (Å²) in [5.41, 5.74) is 2.18. The van der Waals surface area contributed by atoms with Crippen LogP contribution in [0.25, 0.3) is 0 Å². The predicted molar refractivity (Wildman–Crippen MR) is 134 cm³/mol. The Hall–Kier alpha value is -3.79. The highest BCUT2D eigenvalue weighted by molar-refractivity contribution is 7.98. The summed E-state index contributed by atoms with van der Waals surface area (Å²) < 4.78 is 14.2. The Morgan fingerprint density at radius 1 is 1.17 bits per heavy atom. The zero-order valence-electron chi connectivity index (χ0n) is 19.6. The Balaban J connectivity index is 1.53. The molecule has 5 rings (SSSR count). The Morgan fingerprint density at radius 2 is 1.92 bits per heavy atom. The van der Waals surface area contributed by atoms with Crippen LogP contribution in [0.5, 0.6) is 0 Å². The van der Waals surface area contributed by atoms with Crippen LogP contribution in [-0.4, -0.2) is 20.7 Å². The maximum atomic E-state index is 14.2. The highest BCUT2D eigenvalue weighted by atomic mass is 32.2. The molecule has 2 N–H and O–H groups in total. The first kappa shape index (κ1) is 23.9. The minimum Gasteiger partial charge on any atom is -0.343 e. The molecule has 0 amide bonds. The van der Waals surface area contributed by atoms with Crippen LogP contribution in [0.4, 0.5) is 15.9 Å². The molecule has 0 saturated carbocycles. The molecule has 0 fully saturated rings. The molecule has 1 atom stereocenters. The molecular weight excluding hydrogens is 483 g/mol. The summed E-state index contributed by atoms with van der Waals surface area (Å²) in [6.45, 7) is 4.03. The van der Waals surface area contributed by atoms with Crippen molar-refractivity contribution in [1.29, 1.82) is 0 Å². The lowest BCUT2D eigenvalue weighted by atomic mass is 9.69. The second-order valence-corrected chi connectivity index (χ2v) is 10.8. The van der Waals surface area contributed by atoms with Crippen LogP contribution in [0.2, 0.25) is 0 Å². The number of non-ortho nitro benzene ring substituents is 1. The largest absolute Gasteiger partial charge is 0.343 e. The quantitative estimate of drug-likeness (QED) is 0.208. The van der Waals surface area contributed by atoms with Gasteiger partial charge in [0.15, 0.2) is 10.9 Å². The van der Waals surface area contributed by atoms with Crippen molar-refractivity contribution < 1.29 is 14.1 Å². The molecule has 2 heterocycles. The van der Waals surface area contributed by atoms with E-state index in [1.807, 2.05) is 13.8 Å². The molecule has 10 heteroatoms. The number of hydrogen-bond acceptors (Lipinski definition) is 7. The number of carbonyl (C=O) groups is 1. The lowest BCUT2D eigenvalue weighted by Gasteiger charge is -2.38. The van der Waals surface area contributed by atoms with Crippen molar-refractivity contribution in [3.8, 4) is 0 Å². The molecule has 0 bridgehead atoms. The topological polar surface area (TPSA) is 118 Å². The van der Waals surface area contributed by atoms with Crippen LogP contribution in [0.1, 0.15) is 49.3 Å². The Morgan fingerprint density at radius 3 is 2.61 bits per heavy atom. The maximum Gasteiger partial charge on any atom is 0.269 e. The number of thioether (sulfide) groups is 1. The third-order valence-electron chi connectivity index (χ3n) is 6.40. The number of aromatic amines is 1. The van der Waals surface area contributed by atoms with Gasteiger partial charge >= 0.3 is 0 Å². The van der Waals surface area contributed by atoms with Gasteiger partial charge in [0.25, 0.3) is 11.2 Å². The minimum absolute atomic E-state index is 0.00526. The maximum absolute atomic E-state index is 14.2. The summed E-state index contributed by atoms with van der Waals surface area (Å²) in [4.78, 5) is 44.5. The number of hydrogen-bond donors (Lipinski definition) is 2. The van der Waals surface area contributed by atoms with E-state index >= 15 is 0 Å². The molecule has 0 spiro atoms. The average Bonchev–Trinajstić information content (AvgIpc) is 2.81. The first-order valence-electron chi connectivity index (χ1n) is 11.4. The van der Waals surface area contributed by atoms with E-state index in [0.717, 1.165) is 5.56 Å². The van der Waals surface area contributed by atoms with Crippen molar-refractivity contribution in [2.75, 3.05) is 5.32 Å². The number of anilines is 1. The van der Waals surface area contributed by atoms with E-state index in [9.17, 15) is 24.1 Å². The second kappa shape index (κ2) is 9.02. The van der Waals surface area contributed by atoms with Crippen LogP contribution in [-0.2, 0) is 10.5 Å². The van der Waals surface area contributed by atoms with Crippen molar-refractivity contribution >= 4 is 29.1 Å². The predicted octanol–water partition coefficient (Wildman–Crippen LogP) is 5.31. The van der Waals surface area contributed by atoms with Gasteiger partial charge in [0.2, 0.25) is 0 Å². The minimum atomic E-state index is -0.722. The van der Waals surface area contributed by atoms with E-state index in [-0.39, 0.29) is 22.4 Å². The molecule has 8 nitrogen and oxygen atoms in total. The van der Waals surface area contributed by atoms with Crippen LogP contribution in [0, 0.1) is 21.3 Å². The number of rotatable bonds is 5. The molecule has 2 aliphatic rings. The highest BCUT2D eigenvalue weighted by Gasteiger charge is 2.42. The molecule has 0 saturated heterocycles. The standard InChI is InChI=1S/C26H23FN4O4S/c1-26(2)11-18-21(19(32)12-26)20(15-4-3-5-16(27)10-15)22-23(28-18)29-25(30-24(22)33)36-13-14-6-8-17(9-7-14)31(34)35/h3-10,20H,11-13H2,1-2H3,(H2,28,29,30,33)/t20-/m0/s1. The highest BCUT2D eigenvalue weighted by Crippen LogP contribution is 2.47. The third kappa shape index (κ3) is 4.56. The number of ketones is 1. The summed E-state index contributed by atoms with van der Waals surface area (Å²) in [5.74, 6) is -0.446. The smallest absolute Gasteiger partial charge is 0.269 e. The molecule has 1 aliphatic heterocycles. The Bertz CT molecular complexity index is 1480. The lowest BCUT2D eigenvalue weighted by Crippen LogP contribution is -2.37. The van der Waals surface area contributed by atoms with Crippen molar-refractivity contribution in [3.63, 3.8) is 0 Å². The van der Waals surface area contributed by atoms with E-state index in [0.29, 0.717) is 46.4 Å². The molecule has 36 heavy (non-hydrogen) atoms. The number of nitrogens with one attached hydrogen (secondary N) is 2.